The number of carbonyl (C=O) groups excluding carboxylic acids is 2. The summed E-state index contributed by atoms with van der Waals surface area (Å²) >= 11 is 6.16. The highest BCUT2D eigenvalue weighted by Crippen LogP contribution is 2.50. The highest BCUT2D eigenvalue weighted by Gasteiger charge is 2.54. The third-order valence-electron chi connectivity index (χ3n) is 5.55. The van der Waals surface area contributed by atoms with Crippen molar-refractivity contribution in [1.82, 2.24) is 9.78 Å². The Morgan fingerprint density at radius 2 is 1.84 bits per heavy atom. The van der Waals surface area contributed by atoms with Crippen LogP contribution in [0.4, 0.5) is 24.7 Å². The number of fused-ring (bicyclic) bond motifs is 4. The molecule has 1 unspecified atom stereocenters. The van der Waals surface area contributed by atoms with Crippen LogP contribution < -0.4 is 15.4 Å². The lowest BCUT2D eigenvalue weighted by Crippen LogP contribution is -2.43. The zero-order chi connectivity index (χ0) is 22.7. The van der Waals surface area contributed by atoms with Crippen molar-refractivity contribution in [3.63, 3.8) is 0 Å². The standard InChI is InChI=1S/C21H14ClF3N4O3/c22-12-3-6-16-14(7-12)20(19(31)27-16)8-17(30)28-18-15(20)9-26-29(18)10-11-1-4-13(5-2-11)32-21(23,24)25/h1-7,9H,8,10H2,(H,27,31)(H,28,30). The van der Waals surface area contributed by atoms with Gasteiger partial charge in [-0.05, 0) is 41.5 Å². The molecule has 0 saturated carbocycles. The molecular formula is C21H14ClF3N4O3. The Morgan fingerprint density at radius 3 is 2.56 bits per heavy atom. The second kappa shape index (κ2) is 6.99. The number of amides is 2. The summed E-state index contributed by atoms with van der Waals surface area (Å²) < 4.78 is 42.5. The van der Waals surface area contributed by atoms with E-state index in [9.17, 15) is 22.8 Å². The van der Waals surface area contributed by atoms with Crippen LogP contribution in [0.3, 0.4) is 0 Å². The van der Waals surface area contributed by atoms with Crippen molar-refractivity contribution in [2.75, 3.05) is 10.6 Å². The molecule has 0 aliphatic carbocycles. The third-order valence-corrected chi connectivity index (χ3v) is 5.78. The van der Waals surface area contributed by atoms with Crippen LogP contribution in [-0.2, 0) is 21.5 Å². The summed E-state index contributed by atoms with van der Waals surface area (Å²) in [6.45, 7) is 0.155. The number of anilines is 2. The van der Waals surface area contributed by atoms with E-state index in [4.69, 9.17) is 11.6 Å². The largest absolute Gasteiger partial charge is 0.573 e. The lowest BCUT2D eigenvalue weighted by Gasteiger charge is -2.31. The zero-order valence-electron chi connectivity index (χ0n) is 16.2. The molecule has 0 radical (unpaired) electrons. The molecule has 2 N–H and O–H groups in total. The second-order valence-electron chi connectivity index (χ2n) is 7.53. The molecule has 7 nitrogen and oxygen atoms in total. The van der Waals surface area contributed by atoms with Gasteiger partial charge < -0.3 is 15.4 Å². The average Bonchev–Trinajstić information content (AvgIpc) is 3.22. The van der Waals surface area contributed by atoms with E-state index in [-0.39, 0.29) is 30.5 Å². The smallest absolute Gasteiger partial charge is 0.406 e. The minimum Gasteiger partial charge on any atom is -0.406 e. The molecule has 164 valence electrons. The Morgan fingerprint density at radius 1 is 1.09 bits per heavy atom. The van der Waals surface area contributed by atoms with Gasteiger partial charge in [0.15, 0.2) is 0 Å². The van der Waals surface area contributed by atoms with Gasteiger partial charge in [0.1, 0.15) is 17.0 Å². The van der Waals surface area contributed by atoms with Crippen LogP contribution in [0.1, 0.15) is 23.1 Å². The fraction of sp³-hybridized carbons (Fsp3) is 0.190. The van der Waals surface area contributed by atoms with Crippen LogP contribution in [0.5, 0.6) is 5.75 Å². The van der Waals surface area contributed by atoms with Gasteiger partial charge in [-0.1, -0.05) is 23.7 Å². The lowest BCUT2D eigenvalue weighted by atomic mass is 9.72. The molecule has 32 heavy (non-hydrogen) atoms. The summed E-state index contributed by atoms with van der Waals surface area (Å²) in [6.07, 6.45) is -3.36. The molecule has 0 saturated heterocycles. The number of ether oxygens (including phenoxy) is 1. The van der Waals surface area contributed by atoms with Gasteiger partial charge >= 0.3 is 6.36 Å². The van der Waals surface area contributed by atoms with E-state index < -0.39 is 11.8 Å². The first-order valence-corrected chi connectivity index (χ1v) is 9.86. The summed E-state index contributed by atoms with van der Waals surface area (Å²) in [7, 11) is 0. The van der Waals surface area contributed by atoms with Gasteiger partial charge in [-0.3, -0.25) is 9.59 Å². The van der Waals surface area contributed by atoms with Crippen LogP contribution >= 0.6 is 11.6 Å². The number of hydrogen-bond acceptors (Lipinski definition) is 4. The minimum atomic E-state index is -4.78. The Hall–Kier alpha value is -3.53. The first kappa shape index (κ1) is 20.4. The van der Waals surface area contributed by atoms with Crippen molar-refractivity contribution in [2.45, 2.75) is 24.7 Å². The van der Waals surface area contributed by atoms with Gasteiger partial charge in [-0.15, -0.1) is 13.2 Å². The van der Waals surface area contributed by atoms with Crippen molar-refractivity contribution in [3.8, 4) is 5.75 Å². The van der Waals surface area contributed by atoms with Gasteiger partial charge in [0.2, 0.25) is 11.8 Å². The molecule has 3 heterocycles. The van der Waals surface area contributed by atoms with Gasteiger partial charge in [0.05, 0.1) is 12.7 Å². The first-order chi connectivity index (χ1) is 15.2. The van der Waals surface area contributed by atoms with Crippen LogP contribution in [0.15, 0.2) is 48.7 Å². The van der Waals surface area contributed by atoms with E-state index >= 15 is 0 Å². The zero-order valence-corrected chi connectivity index (χ0v) is 16.9. The molecule has 2 aromatic carbocycles. The number of hydrogen-bond donors (Lipinski definition) is 2. The van der Waals surface area contributed by atoms with Crippen LogP contribution in [0.2, 0.25) is 5.02 Å². The predicted octanol–water partition coefficient (Wildman–Crippen LogP) is 4.06. The van der Waals surface area contributed by atoms with E-state index in [0.29, 0.717) is 33.2 Å². The van der Waals surface area contributed by atoms with Gasteiger partial charge in [0.25, 0.3) is 0 Å². The average molecular weight is 463 g/mol. The maximum Gasteiger partial charge on any atom is 0.573 e. The lowest BCUT2D eigenvalue weighted by molar-refractivity contribution is -0.274. The van der Waals surface area contributed by atoms with Crippen molar-refractivity contribution in [1.29, 1.82) is 0 Å². The Labute approximate surface area is 184 Å². The fourth-order valence-corrected chi connectivity index (χ4v) is 4.38. The molecule has 2 aliphatic heterocycles. The molecule has 1 aromatic heterocycles. The molecule has 0 bridgehead atoms. The van der Waals surface area contributed by atoms with Crippen LogP contribution in [0, 0.1) is 0 Å². The molecule has 5 rings (SSSR count). The normalized spacial score (nSPS) is 19.4. The highest BCUT2D eigenvalue weighted by molar-refractivity contribution is 6.31. The maximum absolute atomic E-state index is 13.1. The summed E-state index contributed by atoms with van der Waals surface area (Å²) in [4.78, 5) is 25.7. The van der Waals surface area contributed by atoms with Gasteiger partial charge in [0, 0.05) is 22.7 Å². The number of halogens is 4. The number of nitrogens with zero attached hydrogens (tertiary/aromatic N) is 2. The molecule has 1 atom stereocenters. The second-order valence-corrected chi connectivity index (χ2v) is 7.97. The van der Waals surface area contributed by atoms with Crippen LogP contribution in [0.25, 0.3) is 0 Å². The molecule has 3 aromatic rings. The van der Waals surface area contributed by atoms with Crippen molar-refractivity contribution in [2.24, 2.45) is 0 Å². The Kier molecular flexibility index (Phi) is 4.45. The number of benzene rings is 2. The maximum atomic E-state index is 13.1. The summed E-state index contributed by atoms with van der Waals surface area (Å²) in [5.41, 5.74) is 1.05. The summed E-state index contributed by atoms with van der Waals surface area (Å²) in [5.74, 6) is -0.706. The monoisotopic (exact) mass is 462 g/mol. The van der Waals surface area contributed by atoms with Crippen molar-refractivity contribution >= 4 is 34.9 Å². The molecule has 2 amide bonds. The van der Waals surface area contributed by atoms with E-state index in [2.05, 4.69) is 20.5 Å². The van der Waals surface area contributed by atoms with E-state index in [1.165, 1.54) is 35.1 Å². The fourth-order valence-electron chi connectivity index (χ4n) is 4.20. The SMILES string of the molecule is O=C1CC2(C(=O)Nc3ccc(Cl)cc32)c2cnn(Cc3ccc(OC(F)(F)F)cc3)c2N1. The summed E-state index contributed by atoms with van der Waals surface area (Å²) in [6, 6.07) is 10.3. The number of alkyl halides is 3. The molecule has 1 spiro atoms. The third kappa shape index (κ3) is 3.27. The van der Waals surface area contributed by atoms with Crippen molar-refractivity contribution in [3.05, 3.63) is 70.4 Å². The highest BCUT2D eigenvalue weighted by atomic mass is 35.5. The number of carbonyl (C=O) groups is 2. The number of rotatable bonds is 3. The summed E-state index contributed by atoms with van der Waals surface area (Å²) in [5, 5.41) is 10.3. The Bertz CT molecular complexity index is 1260. The van der Waals surface area contributed by atoms with E-state index in [1.54, 1.807) is 18.2 Å². The van der Waals surface area contributed by atoms with Gasteiger partial charge in [-0.25, -0.2) is 4.68 Å². The van der Waals surface area contributed by atoms with E-state index in [1.807, 2.05) is 0 Å². The topological polar surface area (TPSA) is 85.2 Å². The van der Waals surface area contributed by atoms with Gasteiger partial charge in [-0.2, -0.15) is 5.10 Å². The Balaban J connectivity index is 1.52. The first-order valence-electron chi connectivity index (χ1n) is 9.48. The quantitative estimate of drug-likeness (QED) is 0.614. The molecule has 0 fully saturated rings. The molecular weight excluding hydrogens is 449 g/mol. The van der Waals surface area contributed by atoms with Crippen LogP contribution in [-0.4, -0.2) is 28.0 Å². The molecule has 2 aliphatic rings. The minimum absolute atomic E-state index is 0.103. The van der Waals surface area contributed by atoms with Crippen molar-refractivity contribution < 1.29 is 27.5 Å². The number of nitrogens with one attached hydrogen (secondary N) is 2. The number of aromatic nitrogens is 2. The predicted molar refractivity (Wildman–Crippen MR) is 109 cm³/mol. The van der Waals surface area contributed by atoms with E-state index in [0.717, 1.165) is 0 Å². The molecule has 11 heteroatoms.